The molecule has 0 unspecified atom stereocenters. The van der Waals surface area contributed by atoms with Crippen molar-refractivity contribution in [1.82, 2.24) is 0 Å². The summed E-state index contributed by atoms with van der Waals surface area (Å²) in [7, 11) is 0. The van der Waals surface area contributed by atoms with Crippen molar-refractivity contribution in [3.63, 3.8) is 0 Å². The molecule has 0 aromatic heterocycles. The number of anilines is 3. The second kappa shape index (κ2) is 5.47. The van der Waals surface area contributed by atoms with Crippen LogP contribution >= 0.6 is 0 Å². The van der Waals surface area contributed by atoms with Gasteiger partial charge >= 0.3 is 5.97 Å². The fraction of sp³-hybridized carbons (Fsp3) is 0.333. The summed E-state index contributed by atoms with van der Waals surface area (Å²) in [6, 6.07) is 3.23. The summed E-state index contributed by atoms with van der Waals surface area (Å²) in [5.41, 5.74) is 7.33. The fourth-order valence-corrected chi connectivity index (χ4v) is 1.67. The van der Waals surface area contributed by atoms with E-state index in [2.05, 4.69) is 10.6 Å². The number of rotatable bonds is 4. The summed E-state index contributed by atoms with van der Waals surface area (Å²) in [6.07, 6.45) is 0. The number of fused-ring (bicyclic) bond motifs is 1. The lowest BCUT2D eigenvalue weighted by Gasteiger charge is -2.20. The lowest BCUT2D eigenvalue weighted by Crippen LogP contribution is -2.25. The fourth-order valence-electron chi connectivity index (χ4n) is 1.67. The first-order chi connectivity index (χ1) is 9.10. The number of hydrogen-bond donors (Lipinski definition) is 3. The van der Waals surface area contributed by atoms with Crippen LogP contribution < -0.4 is 21.1 Å². The Morgan fingerprint density at radius 1 is 1.58 bits per heavy atom. The molecule has 102 valence electrons. The van der Waals surface area contributed by atoms with Gasteiger partial charge in [0.15, 0.2) is 6.61 Å². The Hall–Kier alpha value is -2.44. The molecule has 1 aromatic rings. The van der Waals surface area contributed by atoms with Gasteiger partial charge in [0.1, 0.15) is 12.3 Å². The summed E-state index contributed by atoms with van der Waals surface area (Å²) < 4.78 is 10.0. The number of nitrogen functional groups attached to an aromatic ring is 1. The monoisotopic (exact) mass is 265 g/mol. The molecule has 4 N–H and O–H groups in total. The summed E-state index contributed by atoms with van der Waals surface area (Å²) in [5, 5.41) is 5.52. The van der Waals surface area contributed by atoms with Gasteiger partial charge in [-0.3, -0.25) is 9.59 Å². The van der Waals surface area contributed by atoms with E-state index in [1.54, 1.807) is 19.1 Å². The van der Waals surface area contributed by atoms with Gasteiger partial charge in [-0.1, -0.05) is 0 Å². The van der Waals surface area contributed by atoms with Crippen molar-refractivity contribution in [3.8, 4) is 5.75 Å². The lowest BCUT2D eigenvalue weighted by molar-refractivity contribution is -0.140. The van der Waals surface area contributed by atoms with E-state index in [4.69, 9.17) is 15.2 Å². The Balaban J connectivity index is 2.11. The van der Waals surface area contributed by atoms with Crippen LogP contribution in [0.15, 0.2) is 12.1 Å². The third-order valence-electron chi connectivity index (χ3n) is 2.51. The van der Waals surface area contributed by atoms with Crippen LogP contribution in [-0.4, -0.2) is 31.6 Å². The molecule has 0 saturated heterocycles. The molecule has 0 saturated carbocycles. The lowest BCUT2D eigenvalue weighted by atomic mass is 10.2. The van der Waals surface area contributed by atoms with Gasteiger partial charge in [-0.2, -0.15) is 0 Å². The molecule has 2 rings (SSSR count). The number of carbonyl (C=O) groups is 2. The molecule has 1 heterocycles. The van der Waals surface area contributed by atoms with Crippen LogP contribution in [0.25, 0.3) is 0 Å². The molecule has 7 heteroatoms. The third-order valence-corrected chi connectivity index (χ3v) is 2.51. The molecule has 0 spiro atoms. The quantitative estimate of drug-likeness (QED) is 0.543. The molecule has 0 fully saturated rings. The average Bonchev–Trinajstić information content (AvgIpc) is 2.37. The molecule has 7 nitrogen and oxygen atoms in total. The maximum absolute atomic E-state index is 11.2. The first kappa shape index (κ1) is 13.0. The molecular weight excluding hydrogens is 250 g/mol. The van der Waals surface area contributed by atoms with E-state index in [0.29, 0.717) is 29.4 Å². The van der Waals surface area contributed by atoms with E-state index in [9.17, 15) is 9.59 Å². The molecule has 19 heavy (non-hydrogen) atoms. The smallest absolute Gasteiger partial charge is 0.325 e. The van der Waals surface area contributed by atoms with E-state index in [0.717, 1.165) is 0 Å². The second-order valence-corrected chi connectivity index (χ2v) is 3.93. The maximum atomic E-state index is 11.2. The predicted octanol–water partition coefficient (Wildman–Crippen LogP) is 0.575. The number of hydrogen-bond acceptors (Lipinski definition) is 6. The molecule has 1 aliphatic rings. The van der Waals surface area contributed by atoms with Crippen molar-refractivity contribution < 1.29 is 19.1 Å². The van der Waals surface area contributed by atoms with E-state index in [1.807, 2.05) is 0 Å². The first-order valence-electron chi connectivity index (χ1n) is 5.85. The first-order valence-corrected chi connectivity index (χ1v) is 5.85. The van der Waals surface area contributed by atoms with Crippen LogP contribution in [0.1, 0.15) is 6.92 Å². The third kappa shape index (κ3) is 3.06. The summed E-state index contributed by atoms with van der Waals surface area (Å²) in [5.74, 6) is -0.0905. The Labute approximate surface area is 110 Å². The summed E-state index contributed by atoms with van der Waals surface area (Å²) in [6.45, 7) is 2.04. The van der Waals surface area contributed by atoms with E-state index in [-0.39, 0.29) is 25.0 Å². The minimum Gasteiger partial charge on any atom is -0.482 e. The van der Waals surface area contributed by atoms with Crippen LogP contribution in [0, 0.1) is 0 Å². The van der Waals surface area contributed by atoms with Gasteiger partial charge in [-0.25, -0.2) is 0 Å². The van der Waals surface area contributed by atoms with E-state index < -0.39 is 0 Å². The van der Waals surface area contributed by atoms with Crippen LogP contribution in [0.2, 0.25) is 0 Å². The van der Waals surface area contributed by atoms with Crippen molar-refractivity contribution in [3.05, 3.63) is 12.1 Å². The maximum Gasteiger partial charge on any atom is 0.325 e. The van der Waals surface area contributed by atoms with Crippen LogP contribution in [0.4, 0.5) is 17.1 Å². The van der Waals surface area contributed by atoms with Crippen molar-refractivity contribution >= 4 is 28.9 Å². The molecule has 0 bridgehead atoms. The van der Waals surface area contributed by atoms with Gasteiger partial charge < -0.3 is 25.8 Å². The van der Waals surface area contributed by atoms with Crippen molar-refractivity contribution in [2.75, 3.05) is 36.1 Å². The minimum absolute atomic E-state index is 0.00559. The highest BCUT2D eigenvalue weighted by molar-refractivity contribution is 5.97. The zero-order chi connectivity index (χ0) is 13.8. The molecule has 0 atom stereocenters. The second-order valence-electron chi connectivity index (χ2n) is 3.93. The zero-order valence-electron chi connectivity index (χ0n) is 10.5. The number of carbonyl (C=O) groups excluding carboxylic acids is 2. The molecule has 0 radical (unpaired) electrons. The Bertz CT molecular complexity index is 516. The molecule has 1 aliphatic heterocycles. The minimum atomic E-state index is -0.375. The number of ether oxygens (including phenoxy) is 2. The number of nitrogens with two attached hydrogens (primary N) is 1. The largest absolute Gasteiger partial charge is 0.482 e. The number of esters is 1. The van der Waals surface area contributed by atoms with Crippen LogP contribution in [0.5, 0.6) is 5.75 Å². The predicted molar refractivity (Wildman–Crippen MR) is 70.1 cm³/mol. The highest BCUT2D eigenvalue weighted by atomic mass is 16.5. The average molecular weight is 265 g/mol. The van der Waals surface area contributed by atoms with Crippen molar-refractivity contribution in [1.29, 1.82) is 0 Å². The van der Waals surface area contributed by atoms with Gasteiger partial charge in [0, 0.05) is 6.07 Å². The van der Waals surface area contributed by atoms with Crippen molar-refractivity contribution in [2.45, 2.75) is 6.92 Å². The Kier molecular flexibility index (Phi) is 3.74. The van der Waals surface area contributed by atoms with Gasteiger partial charge in [-0.05, 0) is 13.0 Å². The normalized spacial score (nSPS) is 13.0. The van der Waals surface area contributed by atoms with Gasteiger partial charge in [0.05, 0.1) is 23.7 Å². The van der Waals surface area contributed by atoms with Gasteiger partial charge in [0.2, 0.25) is 0 Å². The number of amides is 1. The topological polar surface area (TPSA) is 103 Å². The standard InChI is InChI=1S/C12H15N3O4/c1-2-18-12(17)5-14-8-4-9-10(3-7(8)13)19-6-11(16)15-9/h3-4,14H,2,5-6,13H2,1H3,(H,15,16). The molecular formula is C12H15N3O4. The van der Waals surface area contributed by atoms with Crippen LogP contribution in [0.3, 0.4) is 0 Å². The zero-order valence-corrected chi connectivity index (χ0v) is 10.5. The highest BCUT2D eigenvalue weighted by Crippen LogP contribution is 2.34. The SMILES string of the molecule is CCOC(=O)CNc1cc2c(cc1N)OCC(=O)N2. The van der Waals surface area contributed by atoms with Crippen molar-refractivity contribution in [2.24, 2.45) is 0 Å². The molecule has 1 amide bonds. The van der Waals surface area contributed by atoms with Crippen LogP contribution in [-0.2, 0) is 14.3 Å². The van der Waals surface area contributed by atoms with E-state index in [1.165, 1.54) is 0 Å². The van der Waals surface area contributed by atoms with Gasteiger partial charge in [0.25, 0.3) is 5.91 Å². The Morgan fingerprint density at radius 3 is 3.11 bits per heavy atom. The highest BCUT2D eigenvalue weighted by Gasteiger charge is 2.18. The summed E-state index contributed by atoms with van der Waals surface area (Å²) >= 11 is 0. The number of benzene rings is 1. The Morgan fingerprint density at radius 2 is 2.37 bits per heavy atom. The van der Waals surface area contributed by atoms with E-state index >= 15 is 0 Å². The summed E-state index contributed by atoms with van der Waals surface area (Å²) in [4.78, 5) is 22.5. The van der Waals surface area contributed by atoms with Gasteiger partial charge in [-0.15, -0.1) is 0 Å². The molecule has 0 aliphatic carbocycles. The number of nitrogens with one attached hydrogen (secondary N) is 2. The molecule has 1 aromatic carbocycles.